The molecule has 0 saturated carbocycles. The van der Waals surface area contributed by atoms with E-state index in [0.717, 1.165) is 16.6 Å². The fourth-order valence-corrected chi connectivity index (χ4v) is 1.31. The Bertz CT molecular complexity index is 412. The predicted octanol–water partition coefficient (Wildman–Crippen LogP) is 1.20. The van der Waals surface area contributed by atoms with E-state index in [4.69, 9.17) is 5.84 Å². The van der Waals surface area contributed by atoms with Gasteiger partial charge in [-0.2, -0.15) is 0 Å². The molecule has 0 spiro atoms. The number of pyridine rings is 1. The average molecular weight is 173 g/mol. The lowest BCUT2D eigenvalue weighted by Gasteiger charge is -2.01. The van der Waals surface area contributed by atoms with Gasteiger partial charge in [0.1, 0.15) is 0 Å². The van der Waals surface area contributed by atoms with Gasteiger partial charge in [0.05, 0.1) is 17.8 Å². The highest BCUT2D eigenvalue weighted by molar-refractivity contribution is 5.78. The third-order valence-corrected chi connectivity index (χ3v) is 1.94. The summed E-state index contributed by atoms with van der Waals surface area (Å²) in [7, 11) is 0. The van der Waals surface area contributed by atoms with Crippen molar-refractivity contribution in [2.75, 3.05) is 0 Å². The van der Waals surface area contributed by atoms with E-state index >= 15 is 0 Å². The minimum Gasteiger partial charge on any atom is -0.271 e. The quantitative estimate of drug-likeness (QED) is 0.530. The van der Waals surface area contributed by atoms with Gasteiger partial charge in [-0.15, -0.1) is 0 Å². The summed E-state index contributed by atoms with van der Waals surface area (Å²) >= 11 is 0. The van der Waals surface area contributed by atoms with Crippen molar-refractivity contribution in [3.63, 3.8) is 0 Å². The molecule has 1 aromatic carbocycles. The number of fused-ring (bicyclic) bond motifs is 1. The third-order valence-electron chi connectivity index (χ3n) is 1.94. The van der Waals surface area contributed by atoms with Crippen LogP contribution in [0.1, 0.15) is 5.69 Å². The van der Waals surface area contributed by atoms with E-state index in [0.29, 0.717) is 6.54 Å². The summed E-state index contributed by atoms with van der Waals surface area (Å²) in [4.78, 5) is 4.42. The average Bonchev–Trinajstić information content (AvgIpc) is 2.18. The molecule has 2 aromatic rings. The molecule has 0 fully saturated rings. The number of hydrazine groups is 1. The molecule has 0 aliphatic rings. The van der Waals surface area contributed by atoms with Crippen LogP contribution < -0.4 is 11.3 Å². The second-order valence-electron chi connectivity index (χ2n) is 2.88. The number of rotatable bonds is 2. The molecule has 66 valence electrons. The van der Waals surface area contributed by atoms with E-state index in [1.807, 2.05) is 30.3 Å². The molecule has 3 N–H and O–H groups in total. The summed E-state index contributed by atoms with van der Waals surface area (Å²) in [5, 5.41) is 1.16. The highest BCUT2D eigenvalue weighted by Crippen LogP contribution is 2.11. The Balaban J connectivity index is 2.49. The second-order valence-corrected chi connectivity index (χ2v) is 2.88. The molecule has 0 aliphatic carbocycles. The van der Waals surface area contributed by atoms with Crippen molar-refractivity contribution in [2.24, 2.45) is 5.84 Å². The van der Waals surface area contributed by atoms with E-state index in [-0.39, 0.29) is 0 Å². The van der Waals surface area contributed by atoms with Crippen LogP contribution in [0.5, 0.6) is 0 Å². The first kappa shape index (κ1) is 8.16. The molecule has 0 unspecified atom stereocenters. The zero-order valence-corrected chi connectivity index (χ0v) is 7.20. The summed E-state index contributed by atoms with van der Waals surface area (Å²) in [6, 6.07) is 12.0. The molecule has 0 saturated heterocycles. The SMILES string of the molecule is NNCc1ccc2ccccc2n1. The molecule has 3 heteroatoms. The molecule has 1 heterocycles. The van der Waals surface area contributed by atoms with Gasteiger partial charge in [-0.3, -0.25) is 16.3 Å². The first-order chi connectivity index (χ1) is 6.40. The molecule has 0 aliphatic heterocycles. The van der Waals surface area contributed by atoms with Gasteiger partial charge in [-0.1, -0.05) is 24.3 Å². The molecule has 3 nitrogen and oxygen atoms in total. The second kappa shape index (κ2) is 3.51. The number of hydrogen-bond donors (Lipinski definition) is 2. The first-order valence-corrected chi connectivity index (χ1v) is 4.18. The predicted molar refractivity (Wildman–Crippen MR) is 52.8 cm³/mol. The Morgan fingerprint density at radius 2 is 2.00 bits per heavy atom. The van der Waals surface area contributed by atoms with Gasteiger partial charge in [-0.05, 0) is 12.1 Å². The zero-order valence-electron chi connectivity index (χ0n) is 7.20. The van der Waals surface area contributed by atoms with Crippen molar-refractivity contribution in [2.45, 2.75) is 6.54 Å². The molecular formula is C10H11N3. The molecule has 0 bridgehead atoms. The van der Waals surface area contributed by atoms with Crippen molar-refractivity contribution < 1.29 is 0 Å². The van der Waals surface area contributed by atoms with E-state index < -0.39 is 0 Å². The standard InChI is InChI=1S/C10H11N3/c11-12-7-9-6-5-8-3-1-2-4-10(8)13-9/h1-6,12H,7,11H2. The summed E-state index contributed by atoms with van der Waals surface area (Å²) in [5.74, 6) is 5.21. The molecule has 0 radical (unpaired) electrons. The van der Waals surface area contributed by atoms with Gasteiger partial charge in [0.25, 0.3) is 0 Å². The molecule has 13 heavy (non-hydrogen) atoms. The van der Waals surface area contributed by atoms with Gasteiger partial charge in [0.15, 0.2) is 0 Å². The van der Waals surface area contributed by atoms with Gasteiger partial charge >= 0.3 is 0 Å². The Morgan fingerprint density at radius 1 is 1.15 bits per heavy atom. The Morgan fingerprint density at radius 3 is 2.85 bits per heavy atom. The van der Waals surface area contributed by atoms with Crippen LogP contribution in [0, 0.1) is 0 Å². The van der Waals surface area contributed by atoms with Crippen LogP contribution in [0.3, 0.4) is 0 Å². The van der Waals surface area contributed by atoms with E-state index in [2.05, 4.69) is 16.5 Å². The summed E-state index contributed by atoms with van der Waals surface area (Å²) in [6.07, 6.45) is 0. The van der Waals surface area contributed by atoms with Crippen molar-refractivity contribution in [1.29, 1.82) is 0 Å². The molecule has 2 rings (SSSR count). The lowest BCUT2D eigenvalue weighted by molar-refractivity contribution is 0.726. The number of aromatic nitrogens is 1. The number of nitrogens with two attached hydrogens (primary N) is 1. The lowest BCUT2D eigenvalue weighted by Crippen LogP contribution is -2.21. The summed E-state index contributed by atoms with van der Waals surface area (Å²) in [5.41, 5.74) is 4.56. The monoisotopic (exact) mass is 173 g/mol. The number of benzene rings is 1. The molecule has 1 aromatic heterocycles. The minimum atomic E-state index is 0.602. The van der Waals surface area contributed by atoms with Crippen LogP contribution >= 0.6 is 0 Å². The number of para-hydroxylation sites is 1. The number of nitrogens with zero attached hydrogens (tertiary/aromatic N) is 1. The first-order valence-electron chi connectivity index (χ1n) is 4.18. The number of hydrogen-bond acceptors (Lipinski definition) is 3. The van der Waals surface area contributed by atoms with Gasteiger partial charge in [-0.25, -0.2) is 0 Å². The van der Waals surface area contributed by atoms with Crippen molar-refractivity contribution in [3.05, 3.63) is 42.1 Å². The maximum Gasteiger partial charge on any atom is 0.0705 e. The third kappa shape index (κ3) is 1.66. The van der Waals surface area contributed by atoms with Crippen molar-refractivity contribution in [3.8, 4) is 0 Å². The lowest BCUT2D eigenvalue weighted by atomic mass is 10.2. The fraction of sp³-hybridized carbons (Fsp3) is 0.100. The minimum absolute atomic E-state index is 0.602. The van der Waals surface area contributed by atoms with Crippen LogP contribution in [-0.4, -0.2) is 4.98 Å². The fourth-order valence-electron chi connectivity index (χ4n) is 1.31. The van der Waals surface area contributed by atoms with Crippen LogP contribution in [0.2, 0.25) is 0 Å². The molecule has 0 atom stereocenters. The number of nitrogens with one attached hydrogen (secondary N) is 1. The molecule has 0 amide bonds. The van der Waals surface area contributed by atoms with E-state index in [1.54, 1.807) is 0 Å². The van der Waals surface area contributed by atoms with Crippen molar-refractivity contribution >= 4 is 10.9 Å². The van der Waals surface area contributed by atoms with E-state index in [9.17, 15) is 0 Å². The summed E-state index contributed by atoms with van der Waals surface area (Å²) in [6.45, 7) is 0.602. The maximum absolute atomic E-state index is 5.21. The topological polar surface area (TPSA) is 50.9 Å². The zero-order chi connectivity index (χ0) is 9.10. The van der Waals surface area contributed by atoms with Gasteiger partial charge in [0.2, 0.25) is 0 Å². The smallest absolute Gasteiger partial charge is 0.0705 e. The van der Waals surface area contributed by atoms with Crippen molar-refractivity contribution in [1.82, 2.24) is 10.4 Å². The van der Waals surface area contributed by atoms with Gasteiger partial charge in [0, 0.05) is 5.39 Å². The Labute approximate surface area is 76.6 Å². The molecular weight excluding hydrogens is 162 g/mol. The Kier molecular flexibility index (Phi) is 2.21. The van der Waals surface area contributed by atoms with Crippen LogP contribution in [0.4, 0.5) is 0 Å². The Hall–Kier alpha value is -1.45. The highest BCUT2D eigenvalue weighted by atomic mass is 15.2. The highest BCUT2D eigenvalue weighted by Gasteiger charge is 1.95. The van der Waals surface area contributed by atoms with Crippen LogP contribution in [0.25, 0.3) is 10.9 Å². The van der Waals surface area contributed by atoms with Crippen LogP contribution in [-0.2, 0) is 6.54 Å². The van der Waals surface area contributed by atoms with E-state index in [1.165, 1.54) is 0 Å². The summed E-state index contributed by atoms with van der Waals surface area (Å²) < 4.78 is 0. The van der Waals surface area contributed by atoms with Gasteiger partial charge < -0.3 is 0 Å². The van der Waals surface area contributed by atoms with Crippen LogP contribution in [0.15, 0.2) is 36.4 Å². The maximum atomic E-state index is 5.21. The normalized spacial score (nSPS) is 10.5. The largest absolute Gasteiger partial charge is 0.271 e.